The van der Waals surface area contributed by atoms with E-state index in [1.165, 1.54) is 5.56 Å². The molecule has 0 amide bonds. The molecular formula is C20H22N2O2. The Hall–Kier alpha value is -2.33. The van der Waals surface area contributed by atoms with Gasteiger partial charge in [-0.1, -0.05) is 18.2 Å². The van der Waals surface area contributed by atoms with Gasteiger partial charge in [-0.05, 0) is 49.6 Å². The minimum atomic E-state index is 0.129. The van der Waals surface area contributed by atoms with Crippen molar-refractivity contribution in [3.05, 3.63) is 48.0 Å². The number of aromatic nitrogens is 2. The molecule has 1 atom stereocenters. The van der Waals surface area contributed by atoms with E-state index in [-0.39, 0.29) is 6.10 Å². The van der Waals surface area contributed by atoms with Gasteiger partial charge in [-0.2, -0.15) is 5.10 Å². The highest BCUT2D eigenvalue weighted by Gasteiger charge is 2.12. The summed E-state index contributed by atoms with van der Waals surface area (Å²) in [6.07, 6.45) is 3.07. The largest absolute Gasteiger partial charge is 0.491 e. The molecule has 0 saturated carbocycles. The summed E-state index contributed by atoms with van der Waals surface area (Å²) >= 11 is 0. The van der Waals surface area contributed by atoms with Crippen molar-refractivity contribution in [2.45, 2.75) is 32.3 Å². The molecule has 24 heavy (non-hydrogen) atoms. The molecule has 1 aliphatic heterocycles. The zero-order chi connectivity index (χ0) is 16.4. The molecule has 3 aromatic rings. The third kappa shape index (κ3) is 3.15. The second kappa shape index (κ2) is 6.65. The number of hydrogen-bond donors (Lipinski definition) is 1. The molecule has 0 saturated heterocycles. The Morgan fingerprint density at radius 2 is 2.08 bits per heavy atom. The van der Waals surface area contributed by atoms with E-state index in [4.69, 9.17) is 9.47 Å². The van der Waals surface area contributed by atoms with Gasteiger partial charge in [0.1, 0.15) is 11.4 Å². The standard InChI is InChI=1S/C20H22N2O2/c1-14-9-11-23-10-3-5-15-4-2-6-16(12-15)20-18-13-17(24-14)7-8-19(18)21-22-20/h2,4,6-8,12-14H,3,5,9-11H2,1H3,(H,21,22)/t14-/m0/s1. The molecule has 4 bridgehead atoms. The number of aryl methyl sites for hydroxylation is 1. The topological polar surface area (TPSA) is 47.1 Å². The Labute approximate surface area is 141 Å². The first-order valence-corrected chi connectivity index (χ1v) is 8.61. The minimum Gasteiger partial charge on any atom is -0.491 e. The van der Waals surface area contributed by atoms with E-state index in [1.54, 1.807) is 0 Å². The summed E-state index contributed by atoms with van der Waals surface area (Å²) in [7, 11) is 0. The number of fused-ring (bicyclic) bond motifs is 4. The molecule has 4 rings (SSSR count). The van der Waals surface area contributed by atoms with Crippen molar-refractivity contribution in [2.24, 2.45) is 0 Å². The monoisotopic (exact) mass is 322 g/mol. The molecule has 1 N–H and O–H groups in total. The summed E-state index contributed by atoms with van der Waals surface area (Å²) in [5.74, 6) is 0.878. The summed E-state index contributed by atoms with van der Waals surface area (Å²) in [4.78, 5) is 0. The smallest absolute Gasteiger partial charge is 0.120 e. The Morgan fingerprint density at radius 3 is 3.04 bits per heavy atom. The number of rotatable bonds is 0. The molecule has 0 radical (unpaired) electrons. The molecule has 0 fully saturated rings. The maximum absolute atomic E-state index is 6.05. The van der Waals surface area contributed by atoms with Crippen LogP contribution < -0.4 is 4.74 Å². The van der Waals surface area contributed by atoms with Gasteiger partial charge in [-0.3, -0.25) is 5.10 Å². The third-order valence-electron chi connectivity index (χ3n) is 4.49. The van der Waals surface area contributed by atoms with Crippen molar-refractivity contribution in [2.75, 3.05) is 13.2 Å². The van der Waals surface area contributed by atoms with Gasteiger partial charge in [0.2, 0.25) is 0 Å². The van der Waals surface area contributed by atoms with E-state index in [0.717, 1.165) is 60.4 Å². The molecule has 0 aliphatic carbocycles. The van der Waals surface area contributed by atoms with E-state index in [2.05, 4.69) is 47.5 Å². The highest BCUT2D eigenvalue weighted by atomic mass is 16.5. The summed E-state index contributed by atoms with van der Waals surface area (Å²) in [6.45, 7) is 3.61. The summed E-state index contributed by atoms with van der Waals surface area (Å²) in [5, 5.41) is 8.76. The van der Waals surface area contributed by atoms with Gasteiger partial charge < -0.3 is 9.47 Å². The van der Waals surface area contributed by atoms with Crippen LogP contribution in [0.3, 0.4) is 0 Å². The van der Waals surface area contributed by atoms with Crippen LogP contribution in [0.5, 0.6) is 5.75 Å². The Kier molecular flexibility index (Phi) is 4.22. The molecule has 4 heteroatoms. The van der Waals surface area contributed by atoms with Crippen LogP contribution in [0.25, 0.3) is 22.2 Å². The van der Waals surface area contributed by atoms with E-state index in [9.17, 15) is 0 Å². The van der Waals surface area contributed by atoms with E-state index in [0.29, 0.717) is 0 Å². The van der Waals surface area contributed by atoms with Gasteiger partial charge in [0.05, 0.1) is 18.2 Å². The van der Waals surface area contributed by atoms with Crippen molar-refractivity contribution in [1.29, 1.82) is 0 Å². The van der Waals surface area contributed by atoms with Crippen LogP contribution in [0.2, 0.25) is 0 Å². The van der Waals surface area contributed by atoms with Crippen LogP contribution in [0.4, 0.5) is 0 Å². The molecule has 1 aliphatic rings. The van der Waals surface area contributed by atoms with Crippen LogP contribution in [0.1, 0.15) is 25.3 Å². The molecule has 4 nitrogen and oxygen atoms in total. The molecule has 124 valence electrons. The number of benzene rings is 2. The van der Waals surface area contributed by atoms with E-state index in [1.807, 2.05) is 12.1 Å². The summed E-state index contributed by atoms with van der Waals surface area (Å²) in [6, 6.07) is 14.7. The van der Waals surface area contributed by atoms with Crippen LogP contribution in [-0.2, 0) is 11.2 Å². The van der Waals surface area contributed by atoms with Gasteiger partial charge in [0, 0.05) is 24.0 Å². The van der Waals surface area contributed by atoms with Crippen molar-refractivity contribution in [1.82, 2.24) is 10.2 Å². The van der Waals surface area contributed by atoms with E-state index < -0.39 is 0 Å². The second-order valence-electron chi connectivity index (χ2n) is 6.41. The molecule has 2 aromatic carbocycles. The number of nitrogens with zero attached hydrogens (tertiary/aromatic N) is 1. The minimum absolute atomic E-state index is 0.129. The van der Waals surface area contributed by atoms with Crippen LogP contribution in [0.15, 0.2) is 42.5 Å². The number of ether oxygens (including phenoxy) is 2. The number of nitrogens with one attached hydrogen (secondary N) is 1. The van der Waals surface area contributed by atoms with Crippen molar-refractivity contribution in [3.63, 3.8) is 0 Å². The quantitative estimate of drug-likeness (QED) is 0.669. The van der Waals surface area contributed by atoms with Crippen molar-refractivity contribution in [3.8, 4) is 17.0 Å². The zero-order valence-electron chi connectivity index (χ0n) is 13.9. The third-order valence-corrected chi connectivity index (χ3v) is 4.49. The van der Waals surface area contributed by atoms with Gasteiger partial charge in [0.25, 0.3) is 0 Å². The first kappa shape index (κ1) is 15.2. The first-order valence-electron chi connectivity index (χ1n) is 8.61. The average molecular weight is 322 g/mol. The molecular weight excluding hydrogens is 300 g/mol. The maximum Gasteiger partial charge on any atom is 0.120 e. The molecule has 0 spiro atoms. The lowest BCUT2D eigenvalue weighted by Gasteiger charge is -2.15. The van der Waals surface area contributed by atoms with Gasteiger partial charge in [-0.25, -0.2) is 0 Å². The molecule has 2 heterocycles. The van der Waals surface area contributed by atoms with Crippen molar-refractivity contribution < 1.29 is 9.47 Å². The van der Waals surface area contributed by atoms with Crippen LogP contribution in [-0.4, -0.2) is 29.5 Å². The van der Waals surface area contributed by atoms with Crippen LogP contribution in [0, 0.1) is 0 Å². The molecule has 1 aromatic heterocycles. The number of aromatic amines is 1. The van der Waals surface area contributed by atoms with Gasteiger partial charge >= 0.3 is 0 Å². The predicted molar refractivity (Wildman–Crippen MR) is 95.4 cm³/mol. The van der Waals surface area contributed by atoms with Crippen LogP contribution >= 0.6 is 0 Å². The first-order chi connectivity index (χ1) is 11.8. The molecule has 0 unspecified atom stereocenters. The maximum atomic E-state index is 6.05. The normalized spacial score (nSPS) is 18.8. The Balaban J connectivity index is 1.79. The fourth-order valence-electron chi connectivity index (χ4n) is 3.18. The average Bonchev–Trinajstić information content (AvgIpc) is 3.01. The fraction of sp³-hybridized carbons (Fsp3) is 0.350. The highest BCUT2D eigenvalue weighted by Crippen LogP contribution is 2.30. The summed E-state index contributed by atoms with van der Waals surface area (Å²) in [5.41, 5.74) is 4.47. The number of hydrogen-bond acceptors (Lipinski definition) is 3. The Morgan fingerprint density at radius 1 is 1.12 bits per heavy atom. The summed E-state index contributed by atoms with van der Waals surface area (Å²) < 4.78 is 11.8. The van der Waals surface area contributed by atoms with Crippen molar-refractivity contribution >= 4 is 10.9 Å². The Bertz CT molecular complexity index is 841. The fourth-order valence-corrected chi connectivity index (χ4v) is 3.18. The van der Waals surface area contributed by atoms with E-state index >= 15 is 0 Å². The predicted octanol–water partition coefficient (Wildman–Crippen LogP) is 4.35. The lowest BCUT2D eigenvalue weighted by Crippen LogP contribution is -2.15. The van der Waals surface area contributed by atoms with Gasteiger partial charge in [-0.15, -0.1) is 0 Å². The SMILES string of the molecule is C[C@H]1CCOCCCc2cccc(c2)-c2n[nH]c3ccc(cc23)O1. The highest BCUT2D eigenvalue weighted by molar-refractivity contribution is 5.93. The lowest BCUT2D eigenvalue weighted by molar-refractivity contribution is 0.0965. The zero-order valence-corrected chi connectivity index (χ0v) is 13.9. The lowest BCUT2D eigenvalue weighted by atomic mass is 10.0. The second-order valence-corrected chi connectivity index (χ2v) is 6.41. The van der Waals surface area contributed by atoms with Gasteiger partial charge in [0.15, 0.2) is 0 Å². The number of H-pyrrole nitrogens is 1.